The van der Waals surface area contributed by atoms with Crippen molar-refractivity contribution < 1.29 is 19.1 Å². The number of hydrogen-bond donors (Lipinski definition) is 2. The Morgan fingerprint density at radius 1 is 0.426 bits per heavy atom. The minimum atomic E-state index is -0.580. The molecule has 0 saturated carbocycles. The van der Waals surface area contributed by atoms with E-state index in [1.165, 1.54) is 0 Å². The van der Waals surface area contributed by atoms with Crippen molar-refractivity contribution in [1.29, 1.82) is 21.0 Å². The fourth-order valence-corrected chi connectivity index (χ4v) is 5.37. The van der Waals surface area contributed by atoms with Gasteiger partial charge in [0.1, 0.15) is 35.8 Å². The van der Waals surface area contributed by atoms with Gasteiger partial charge in [-0.05, 0) is 83.6 Å². The van der Waals surface area contributed by atoms with Crippen LogP contribution in [0.15, 0.2) is 157 Å². The van der Waals surface area contributed by atoms with Gasteiger partial charge >= 0.3 is 11.9 Å². The summed E-state index contributed by atoms with van der Waals surface area (Å²) in [7, 11) is 0. The van der Waals surface area contributed by atoms with Gasteiger partial charge in [-0.25, -0.2) is 9.59 Å². The summed E-state index contributed by atoms with van der Waals surface area (Å²) in [4.78, 5) is 26.0. The number of nitrogens with one attached hydrogen (secondary N) is 2. The number of ether oxygens (including phenoxy) is 2. The number of fused-ring (bicyclic) bond motifs is 1. The summed E-state index contributed by atoms with van der Waals surface area (Å²) in [5.74, 6) is -0.526. The molecule has 0 atom stereocenters. The van der Waals surface area contributed by atoms with Crippen LogP contribution in [-0.4, -0.2) is 11.9 Å². The summed E-state index contributed by atoms with van der Waals surface area (Å²) >= 11 is 0. The molecule has 10 nitrogen and oxygen atoms in total. The van der Waals surface area contributed by atoms with Crippen molar-refractivity contribution in [3.63, 3.8) is 0 Å². The predicted octanol–water partition coefficient (Wildman–Crippen LogP) is 9.02. The summed E-state index contributed by atoms with van der Waals surface area (Å²) in [6.45, 7) is 0. The summed E-state index contributed by atoms with van der Waals surface area (Å²) in [5.41, 5.74) is 3.62. The monoisotopic (exact) mass is 702 g/mol. The average Bonchev–Trinajstić information content (AvgIpc) is 3.22. The van der Waals surface area contributed by atoms with Crippen molar-refractivity contribution in [2.45, 2.75) is 0 Å². The van der Waals surface area contributed by atoms with E-state index < -0.39 is 11.9 Å². The molecule has 0 bridgehead atoms. The SMILES string of the molecule is N#CC(C#N)=C(Nc1ccc(C(=O)Oc2ccc3cc(OC(=O)c4ccc(NC(=C(C#N)C#N)c5ccccc5)cc4)ccc3c2)cc1)c1ccccc1. The molecule has 0 heterocycles. The summed E-state index contributed by atoms with van der Waals surface area (Å²) in [6.07, 6.45) is 0. The van der Waals surface area contributed by atoms with Gasteiger partial charge in [-0.2, -0.15) is 21.0 Å². The van der Waals surface area contributed by atoms with Crippen molar-refractivity contribution in [2.75, 3.05) is 10.6 Å². The standard InChI is InChI=1S/C44H26N6O4/c45-25-35(26-46)41(29-7-3-1-4-8-29)49-37-17-11-31(12-18-37)43(51)53-39-21-15-34-24-40(22-16-33(34)23-39)54-44(52)32-13-19-38(20-14-32)50-42(36(27-47)28-48)30-9-5-2-6-10-30/h1-24,49-50H. The highest BCUT2D eigenvalue weighted by Crippen LogP contribution is 2.28. The topological polar surface area (TPSA) is 172 Å². The summed E-state index contributed by atoms with van der Waals surface area (Å²) in [5, 5.41) is 45.6. The molecule has 0 saturated heterocycles. The van der Waals surface area contributed by atoms with E-state index in [0.29, 0.717) is 56.5 Å². The van der Waals surface area contributed by atoms with Crippen LogP contribution in [0.4, 0.5) is 11.4 Å². The first-order chi connectivity index (χ1) is 26.4. The molecule has 0 unspecified atom stereocenters. The van der Waals surface area contributed by atoms with Gasteiger partial charge in [0.2, 0.25) is 0 Å². The van der Waals surface area contributed by atoms with Gasteiger partial charge in [0.25, 0.3) is 0 Å². The van der Waals surface area contributed by atoms with Gasteiger partial charge < -0.3 is 20.1 Å². The van der Waals surface area contributed by atoms with Crippen LogP contribution in [0, 0.1) is 45.3 Å². The molecule has 0 aromatic heterocycles. The van der Waals surface area contributed by atoms with E-state index in [1.54, 1.807) is 133 Å². The van der Waals surface area contributed by atoms with E-state index in [9.17, 15) is 30.6 Å². The zero-order valence-electron chi connectivity index (χ0n) is 28.3. The molecular formula is C44H26N6O4. The van der Waals surface area contributed by atoms with Crippen LogP contribution in [0.1, 0.15) is 31.8 Å². The minimum Gasteiger partial charge on any atom is -0.423 e. The molecule has 0 spiro atoms. The number of nitrogens with zero attached hydrogens (tertiary/aromatic N) is 4. The number of carbonyl (C=O) groups is 2. The first-order valence-electron chi connectivity index (χ1n) is 16.3. The Morgan fingerprint density at radius 2 is 0.778 bits per heavy atom. The van der Waals surface area contributed by atoms with Crippen LogP contribution in [0.3, 0.4) is 0 Å². The summed E-state index contributed by atoms with van der Waals surface area (Å²) in [6, 6.07) is 48.8. The fraction of sp³-hybridized carbons (Fsp3) is 0. The van der Waals surface area contributed by atoms with E-state index in [1.807, 2.05) is 36.4 Å². The number of nitriles is 4. The molecule has 0 amide bonds. The maximum atomic E-state index is 13.0. The first-order valence-corrected chi connectivity index (χ1v) is 16.3. The Morgan fingerprint density at radius 3 is 1.11 bits per heavy atom. The molecule has 0 radical (unpaired) electrons. The molecule has 0 fully saturated rings. The van der Waals surface area contributed by atoms with Crippen molar-refractivity contribution in [1.82, 2.24) is 0 Å². The molecule has 10 heteroatoms. The van der Waals surface area contributed by atoms with Gasteiger partial charge in [0.05, 0.1) is 22.5 Å². The smallest absolute Gasteiger partial charge is 0.343 e. The molecule has 0 aliphatic heterocycles. The zero-order valence-corrected chi connectivity index (χ0v) is 28.3. The highest BCUT2D eigenvalue weighted by molar-refractivity contribution is 5.95. The highest BCUT2D eigenvalue weighted by atomic mass is 16.5. The maximum Gasteiger partial charge on any atom is 0.343 e. The third-order valence-corrected chi connectivity index (χ3v) is 8.06. The highest BCUT2D eigenvalue weighted by Gasteiger charge is 2.15. The van der Waals surface area contributed by atoms with E-state index >= 15 is 0 Å². The number of carbonyl (C=O) groups excluding carboxylic acids is 2. The molecular weight excluding hydrogens is 677 g/mol. The van der Waals surface area contributed by atoms with Crippen molar-refractivity contribution in [3.05, 3.63) is 179 Å². The molecule has 2 N–H and O–H groups in total. The Bertz CT molecular complexity index is 2390. The van der Waals surface area contributed by atoms with Gasteiger partial charge in [0, 0.05) is 22.5 Å². The second kappa shape index (κ2) is 16.5. The van der Waals surface area contributed by atoms with E-state index in [-0.39, 0.29) is 11.1 Å². The van der Waals surface area contributed by atoms with Gasteiger partial charge in [-0.15, -0.1) is 0 Å². The number of esters is 2. The lowest BCUT2D eigenvalue weighted by Crippen LogP contribution is -2.09. The Kier molecular flexibility index (Phi) is 10.8. The van der Waals surface area contributed by atoms with E-state index in [4.69, 9.17) is 9.47 Å². The Labute approximate surface area is 310 Å². The third-order valence-electron chi connectivity index (χ3n) is 8.06. The third kappa shape index (κ3) is 8.29. The lowest BCUT2D eigenvalue weighted by molar-refractivity contribution is 0.0725. The maximum absolute atomic E-state index is 13.0. The fourth-order valence-electron chi connectivity index (χ4n) is 5.37. The number of allylic oxidation sites excluding steroid dienone is 2. The van der Waals surface area contributed by atoms with Crippen LogP contribution in [0.2, 0.25) is 0 Å². The normalized spacial score (nSPS) is 9.93. The lowest BCUT2D eigenvalue weighted by Gasteiger charge is -2.12. The summed E-state index contributed by atoms with van der Waals surface area (Å²) < 4.78 is 11.3. The van der Waals surface area contributed by atoms with Crippen LogP contribution >= 0.6 is 0 Å². The van der Waals surface area contributed by atoms with E-state index in [0.717, 1.165) is 10.8 Å². The molecule has 0 aliphatic carbocycles. The Balaban J connectivity index is 1.09. The first kappa shape index (κ1) is 35.4. The molecule has 6 aromatic carbocycles. The minimum absolute atomic E-state index is 0.0769. The number of hydrogen-bond acceptors (Lipinski definition) is 10. The van der Waals surface area contributed by atoms with Crippen LogP contribution in [0.5, 0.6) is 11.5 Å². The lowest BCUT2D eigenvalue weighted by atomic mass is 10.1. The molecule has 6 aromatic rings. The quantitative estimate of drug-likeness (QED) is 0.0797. The molecule has 256 valence electrons. The van der Waals surface area contributed by atoms with Gasteiger partial charge in [0.15, 0.2) is 11.1 Å². The van der Waals surface area contributed by atoms with Crippen LogP contribution in [0.25, 0.3) is 22.2 Å². The Hall–Kier alpha value is -8.44. The number of anilines is 2. The van der Waals surface area contributed by atoms with Gasteiger partial charge in [-0.1, -0.05) is 72.8 Å². The number of rotatable bonds is 10. The van der Waals surface area contributed by atoms with Crippen molar-refractivity contribution >= 4 is 45.5 Å². The average molecular weight is 703 g/mol. The van der Waals surface area contributed by atoms with Crippen molar-refractivity contribution in [3.8, 4) is 35.8 Å². The van der Waals surface area contributed by atoms with Crippen molar-refractivity contribution in [2.24, 2.45) is 0 Å². The predicted molar refractivity (Wildman–Crippen MR) is 203 cm³/mol. The second-order valence-electron chi connectivity index (χ2n) is 11.5. The molecule has 6 rings (SSSR count). The zero-order chi connectivity index (χ0) is 37.9. The van der Waals surface area contributed by atoms with Crippen LogP contribution < -0.4 is 20.1 Å². The number of benzene rings is 6. The molecule has 54 heavy (non-hydrogen) atoms. The second-order valence-corrected chi connectivity index (χ2v) is 11.5. The van der Waals surface area contributed by atoms with E-state index in [2.05, 4.69) is 10.6 Å². The van der Waals surface area contributed by atoms with Gasteiger partial charge in [-0.3, -0.25) is 0 Å². The van der Waals surface area contributed by atoms with Crippen LogP contribution in [-0.2, 0) is 0 Å². The molecule has 0 aliphatic rings. The largest absolute Gasteiger partial charge is 0.423 e.